The van der Waals surface area contributed by atoms with Gasteiger partial charge in [0.25, 0.3) is 5.91 Å². The van der Waals surface area contributed by atoms with Crippen LogP contribution in [-0.2, 0) is 19.3 Å². The Hall–Kier alpha value is -1.85. The van der Waals surface area contributed by atoms with Crippen molar-refractivity contribution in [2.45, 2.75) is 38.5 Å². The number of carbonyl (C=O) groups excluding carboxylic acids is 1. The molecule has 2 N–H and O–H groups in total. The maximum Gasteiger partial charge on any atom is 0.267 e. The second-order valence-electron chi connectivity index (χ2n) is 6.46. The summed E-state index contributed by atoms with van der Waals surface area (Å²) < 4.78 is 0. The van der Waals surface area contributed by atoms with Crippen LogP contribution in [0.2, 0.25) is 5.02 Å². The predicted octanol–water partition coefficient (Wildman–Crippen LogP) is 4.52. The fourth-order valence-electron chi connectivity index (χ4n) is 3.27. The number of aryl methyl sites for hydroxylation is 3. The van der Waals surface area contributed by atoms with Gasteiger partial charge in [0.1, 0.15) is 5.69 Å². The van der Waals surface area contributed by atoms with Gasteiger partial charge >= 0.3 is 0 Å². The largest absolute Gasteiger partial charge is 0.351 e. The molecule has 4 nitrogen and oxygen atoms in total. The highest BCUT2D eigenvalue weighted by Gasteiger charge is 2.15. The highest BCUT2D eigenvalue weighted by molar-refractivity contribution is 7.11. The Labute approximate surface area is 155 Å². The van der Waals surface area contributed by atoms with Crippen LogP contribution in [0.5, 0.6) is 0 Å². The Morgan fingerprint density at radius 1 is 1.28 bits per heavy atom. The summed E-state index contributed by atoms with van der Waals surface area (Å²) in [6.45, 7) is 0.652. The molecule has 0 radical (unpaired) electrons. The quantitative estimate of drug-likeness (QED) is 0.646. The lowest BCUT2D eigenvalue weighted by Crippen LogP contribution is -2.25. The summed E-state index contributed by atoms with van der Waals surface area (Å²) in [5, 5.41) is 5.81. The number of aromatic amines is 1. The van der Waals surface area contributed by atoms with E-state index >= 15 is 0 Å². The zero-order valence-corrected chi connectivity index (χ0v) is 15.5. The van der Waals surface area contributed by atoms with Crippen LogP contribution < -0.4 is 5.32 Å². The monoisotopic (exact) mass is 373 g/mol. The maximum absolute atomic E-state index is 12.3. The topological polar surface area (TPSA) is 57.8 Å². The summed E-state index contributed by atoms with van der Waals surface area (Å²) >= 11 is 7.84. The fraction of sp³-hybridized carbons (Fsp3) is 0.368. The van der Waals surface area contributed by atoms with Gasteiger partial charge in [0, 0.05) is 33.8 Å². The highest BCUT2D eigenvalue weighted by atomic mass is 35.5. The summed E-state index contributed by atoms with van der Waals surface area (Å²) in [5.74, 6) is -0.0780. The summed E-state index contributed by atoms with van der Waals surface area (Å²) in [4.78, 5) is 21.6. The molecule has 2 aromatic heterocycles. The first-order chi connectivity index (χ1) is 12.2. The number of nitrogens with one attached hydrogen (secondary N) is 2. The van der Waals surface area contributed by atoms with Crippen LogP contribution in [0, 0.1) is 0 Å². The first-order valence-corrected chi connectivity index (χ1v) is 9.92. The van der Waals surface area contributed by atoms with Gasteiger partial charge in [-0.05, 0) is 56.4 Å². The van der Waals surface area contributed by atoms with Crippen molar-refractivity contribution in [1.82, 2.24) is 15.3 Å². The first-order valence-electron chi connectivity index (χ1n) is 8.73. The van der Waals surface area contributed by atoms with E-state index in [1.807, 2.05) is 35.6 Å². The molecule has 3 aromatic rings. The van der Waals surface area contributed by atoms with Crippen LogP contribution in [0.4, 0.5) is 0 Å². The van der Waals surface area contributed by atoms with E-state index in [4.69, 9.17) is 16.6 Å². The number of aromatic nitrogens is 2. The van der Waals surface area contributed by atoms with Gasteiger partial charge in [-0.25, -0.2) is 4.98 Å². The van der Waals surface area contributed by atoms with E-state index in [9.17, 15) is 4.79 Å². The second-order valence-corrected chi connectivity index (χ2v) is 8.06. The van der Waals surface area contributed by atoms with E-state index in [2.05, 4.69) is 10.3 Å². The molecule has 0 saturated carbocycles. The molecule has 6 heteroatoms. The molecular formula is C19H20ClN3OS. The molecule has 0 saturated heterocycles. The SMILES string of the molecule is O=C(NCCCc1nc2c(s1)CCCC2)c1cc2cc(Cl)ccc2[nH]1. The third kappa shape index (κ3) is 3.72. The normalized spacial score (nSPS) is 13.8. The summed E-state index contributed by atoms with van der Waals surface area (Å²) in [6.07, 6.45) is 6.72. The van der Waals surface area contributed by atoms with Crippen molar-refractivity contribution in [3.8, 4) is 0 Å². The summed E-state index contributed by atoms with van der Waals surface area (Å²) in [7, 11) is 0. The number of amides is 1. The average Bonchev–Trinajstić information content (AvgIpc) is 3.21. The maximum atomic E-state index is 12.3. The van der Waals surface area contributed by atoms with Gasteiger partial charge in [-0.15, -0.1) is 11.3 Å². The molecule has 130 valence electrons. The molecule has 25 heavy (non-hydrogen) atoms. The lowest BCUT2D eigenvalue weighted by molar-refractivity contribution is 0.0949. The predicted molar refractivity (Wildman–Crippen MR) is 103 cm³/mol. The Morgan fingerprint density at radius 3 is 3.04 bits per heavy atom. The number of rotatable bonds is 5. The van der Waals surface area contributed by atoms with Crippen LogP contribution >= 0.6 is 22.9 Å². The lowest BCUT2D eigenvalue weighted by Gasteiger charge is -2.06. The molecule has 1 amide bonds. The zero-order chi connectivity index (χ0) is 17.2. The Morgan fingerprint density at radius 2 is 2.16 bits per heavy atom. The van der Waals surface area contributed by atoms with E-state index < -0.39 is 0 Å². The molecule has 1 aromatic carbocycles. The molecule has 0 spiro atoms. The first kappa shape index (κ1) is 16.6. The summed E-state index contributed by atoms with van der Waals surface area (Å²) in [6, 6.07) is 7.40. The van der Waals surface area contributed by atoms with E-state index in [0.29, 0.717) is 17.3 Å². The third-order valence-electron chi connectivity index (χ3n) is 4.57. The molecular weight excluding hydrogens is 354 g/mol. The lowest BCUT2D eigenvalue weighted by atomic mass is 10.0. The summed E-state index contributed by atoms with van der Waals surface area (Å²) in [5.41, 5.74) is 2.80. The number of carbonyl (C=O) groups is 1. The van der Waals surface area contributed by atoms with Crippen molar-refractivity contribution < 1.29 is 4.79 Å². The van der Waals surface area contributed by atoms with Crippen LogP contribution in [-0.4, -0.2) is 22.4 Å². The van der Waals surface area contributed by atoms with Crippen molar-refractivity contribution >= 4 is 39.7 Å². The Bertz CT molecular complexity index is 891. The van der Waals surface area contributed by atoms with Crippen LogP contribution in [0.25, 0.3) is 10.9 Å². The molecule has 0 unspecified atom stereocenters. The zero-order valence-electron chi connectivity index (χ0n) is 13.9. The van der Waals surface area contributed by atoms with Crippen molar-refractivity contribution in [3.63, 3.8) is 0 Å². The number of H-pyrrole nitrogens is 1. The van der Waals surface area contributed by atoms with Crippen molar-refractivity contribution in [2.24, 2.45) is 0 Å². The van der Waals surface area contributed by atoms with E-state index in [1.165, 1.54) is 34.8 Å². The standard InChI is InChI=1S/C19H20ClN3OS/c20-13-7-8-14-12(10-13)11-16(22-14)19(24)21-9-3-6-18-23-15-4-1-2-5-17(15)25-18/h7-8,10-11,22H,1-6,9H2,(H,21,24). The molecule has 0 bridgehead atoms. The second kappa shape index (κ2) is 7.18. The molecule has 1 aliphatic carbocycles. The van der Waals surface area contributed by atoms with Gasteiger partial charge < -0.3 is 10.3 Å². The van der Waals surface area contributed by atoms with Gasteiger partial charge in [-0.3, -0.25) is 4.79 Å². The molecule has 0 aliphatic heterocycles. The third-order valence-corrected chi connectivity index (χ3v) is 6.02. The van der Waals surface area contributed by atoms with Gasteiger partial charge in [0.05, 0.1) is 10.7 Å². The smallest absolute Gasteiger partial charge is 0.267 e. The molecule has 2 heterocycles. The minimum Gasteiger partial charge on any atom is -0.351 e. The Kier molecular flexibility index (Phi) is 4.77. The molecule has 4 rings (SSSR count). The number of halogens is 1. The molecule has 1 aliphatic rings. The van der Waals surface area contributed by atoms with Gasteiger partial charge in [0.15, 0.2) is 0 Å². The van der Waals surface area contributed by atoms with E-state index in [-0.39, 0.29) is 5.91 Å². The minimum absolute atomic E-state index is 0.0780. The minimum atomic E-state index is -0.0780. The van der Waals surface area contributed by atoms with Crippen LogP contribution in [0.1, 0.15) is 45.3 Å². The Balaban J connectivity index is 1.30. The number of fused-ring (bicyclic) bond motifs is 2. The van der Waals surface area contributed by atoms with Crippen molar-refractivity contribution in [3.05, 3.63) is 50.6 Å². The van der Waals surface area contributed by atoms with Crippen molar-refractivity contribution in [1.29, 1.82) is 0 Å². The van der Waals surface area contributed by atoms with E-state index in [0.717, 1.165) is 30.2 Å². The van der Waals surface area contributed by atoms with Gasteiger partial charge in [0.2, 0.25) is 0 Å². The van der Waals surface area contributed by atoms with Gasteiger partial charge in [-0.1, -0.05) is 11.6 Å². The highest BCUT2D eigenvalue weighted by Crippen LogP contribution is 2.27. The fourth-order valence-corrected chi connectivity index (χ4v) is 4.65. The molecule has 0 atom stereocenters. The van der Waals surface area contributed by atoms with Crippen molar-refractivity contribution in [2.75, 3.05) is 6.54 Å². The van der Waals surface area contributed by atoms with Crippen LogP contribution in [0.15, 0.2) is 24.3 Å². The number of nitrogens with zero attached hydrogens (tertiary/aromatic N) is 1. The number of hydrogen-bond acceptors (Lipinski definition) is 3. The van der Waals surface area contributed by atoms with Gasteiger partial charge in [-0.2, -0.15) is 0 Å². The average molecular weight is 374 g/mol. The van der Waals surface area contributed by atoms with Crippen LogP contribution in [0.3, 0.4) is 0 Å². The number of hydrogen-bond donors (Lipinski definition) is 2. The molecule has 0 fully saturated rings. The number of thiazole rings is 1. The van der Waals surface area contributed by atoms with E-state index in [1.54, 1.807) is 0 Å². The number of benzene rings is 1.